The SMILES string of the molecule is COCCOCCN=C(N)NC(C)c1ccc(Cl)cc1Cl. The summed E-state index contributed by atoms with van der Waals surface area (Å²) in [6, 6.07) is 5.29. The number of guanidine groups is 1. The standard InChI is InChI=1S/C14H21Cl2N3O2/c1-10(12-4-3-11(15)9-13(12)16)19-14(17)18-5-6-21-8-7-20-2/h3-4,9-10H,5-8H2,1-2H3,(H3,17,18,19). The Morgan fingerprint density at radius 1 is 1.33 bits per heavy atom. The number of nitrogens with one attached hydrogen (secondary N) is 1. The lowest BCUT2D eigenvalue weighted by Crippen LogP contribution is -2.34. The van der Waals surface area contributed by atoms with Crippen LogP contribution in [0.1, 0.15) is 18.5 Å². The number of methoxy groups -OCH3 is 1. The Hall–Kier alpha value is -1.01. The summed E-state index contributed by atoms with van der Waals surface area (Å²) < 4.78 is 10.2. The molecule has 0 fully saturated rings. The quantitative estimate of drug-likeness (QED) is 0.436. The maximum Gasteiger partial charge on any atom is 0.189 e. The van der Waals surface area contributed by atoms with Crippen molar-refractivity contribution in [2.75, 3.05) is 33.5 Å². The molecule has 0 saturated carbocycles. The molecule has 0 spiro atoms. The molecule has 0 aliphatic rings. The van der Waals surface area contributed by atoms with Crippen molar-refractivity contribution in [2.24, 2.45) is 10.7 Å². The first-order chi connectivity index (χ1) is 10.0. The first-order valence-corrected chi connectivity index (χ1v) is 7.38. The van der Waals surface area contributed by atoms with Crippen LogP contribution in [0.2, 0.25) is 10.0 Å². The van der Waals surface area contributed by atoms with Crippen molar-refractivity contribution in [3.8, 4) is 0 Å². The topological polar surface area (TPSA) is 68.9 Å². The second-order valence-electron chi connectivity index (χ2n) is 4.40. The van der Waals surface area contributed by atoms with E-state index in [0.717, 1.165) is 5.56 Å². The maximum atomic E-state index is 6.15. The lowest BCUT2D eigenvalue weighted by atomic mass is 10.1. The minimum atomic E-state index is -0.0621. The summed E-state index contributed by atoms with van der Waals surface area (Å²) in [4.78, 5) is 4.18. The molecule has 0 bridgehead atoms. The Morgan fingerprint density at radius 3 is 2.76 bits per heavy atom. The number of halogens is 2. The zero-order valence-electron chi connectivity index (χ0n) is 12.2. The van der Waals surface area contributed by atoms with Gasteiger partial charge in [-0.05, 0) is 24.6 Å². The molecule has 7 heteroatoms. The number of nitrogens with zero attached hydrogens (tertiary/aromatic N) is 1. The summed E-state index contributed by atoms with van der Waals surface area (Å²) >= 11 is 12.0. The molecule has 1 aromatic carbocycles. The van der Waals surface area contributed by atoms with Gasteiger partial charge in [0.2, 0.25) is 0 Å². The molecular formula is C14H21Cl2N3O2. The summed E-state index contributed by atoms with van der Waals surface area (Å²) in [5.74, 6) is 0.351. The fourth-order valence-electron chi connectivity index (χ4n) is 1.67. The van der Waals surface area contributed by atoms with Crippen molar-refractivity contribution in [3.63, 3.8) is 0 Å². The lowest BCUT2D eigenvalue weighted by Gasteiger charge is -2.16. The van der Waals surface area contributed by atoms with Crippen molar-refractivity contribution in [2.45, 2.75) is 13.0 Å². The number of benzene rings is 1. The summed E-state index contributed by atoms with van der Waals surface area (Å²) in [5, 5.41) is 4.28. The van der Waals surface area contributed by atoms with Gasteiger partial charge >= 0.3 is 0 Å². The van der Waals surface area contributed by atoms with Crippen LogP contribution in [0.3, 0.4) is 0 Å². The van der Waals surface area contributed by atoms with Gasteiger partial charge in [0, 0.05) is 17.2 Å². The van der Waals surface area contributed by atoms with Gasteiger partial charge < -0.3 is 20.5 Å². The summed E-state index contributed by atoms with van der Waals surface area (Å²) in [6.45, 7) is 4.07. The van der Waals surface area contributed by atoms with Crippen molar-refractivity contribution in [1.82, 2.24) is 5.32 Å². The van der Waals surface area contributed by atoms with E-state index in [-0.39, 0.29) is 6.04 Å². The molecule has 0 radical (unpaired) electrons. The third kappa shape index (κ3) is 7.00. The van der Waals surface area contributed by atoms with Crippen molar-refractivity contribution < 1.29 is 9.47 Å². The predicted octanol–water partition coefficient (Wildman–Crippen LogP) is 2.62. The third-order valence-electron chi connectivity index (χ3n) is 2.74. The van der Waals surface area contributed by atoms with E-state index in [1.54, 1.807) is 19.2 Å². The van der Waals surface area contributed by atoms with Gasteiger partial charge in [-0.25, -0.2) is 0 Å². The van der Waals surface area contributed by atoms with Crippen LogP contribution in [-0.4, -0.2) is 39.4 Å². The molecule has 3 N–H and O–H groups in total. The van der Waals surface area contributed by atoms with Crippen LogP contribution in [-0.2, 0) is 9.47 Å². The molecule has 0 aromatic heterocycles. The van der Waals surface area contributed by atoms with Crippen LogP contribution < -0.4 is 11.1 Å². The number of hydrogen-bond acceptors (Lipinski definition) is 3. The van der Waals surface area contributed by atoms with Crippen LogP contribution in [0.15, 0.2) is 23.2 Å². The molecule has 118 valence electrons. The molecule has 0 heterocycles. The highest BCUT2D eigenvalue weighted by atomic mass is 35.5. The number of nitrogens with two attached hydrogens (primary N) is 1. The molecule has 5 nitrogen and oxygen atoms in total. The van der Waals surface area contributed by atoms with Gasteiger partial charge in [0.1, 0.15) is 0 Å². The monoisotopic (exact) mass is 333 g/mol. The van der Waals surface area contributed by atoms with Gasteiger partial charge in [-0.3, -0.25) is 4.99 Å². The molecule has 21 heavy (non-hydrogen) atoms. The van der Waals surface area contributed by atoms with E-state index < -0.39 is 0 Å². The zero-order valence-corrected chi connectivity index (χ0v) is 13.7. The zero-order chi connectivity index (χ0) is 15.7. The predicted molar refractivity (Wildman–Crippen MR) is 87.2 cm³/mol. The minimum Gasteiger partial charge on any atom is -0.382 e. The second-order valence-corrected chi connectivity index (χ2v) is 5.25. The van der Waals surface area contributed by atoms with Gasteiger partial charge in [-0.1, -0.05) is 29.3 Å². The first-order valence-electron chi connectivity index (χ1n) is 6.62. The Balaban J connectivity index is 2.40. The highest BCUT2D eigenvalue weighted by molar-refractivity contribution is 6.35. The molecule has 1 unspecified atom stereocenters. The van der Waals surface area contributed by atoms with E-state index in [2.05, 4.69) is 10.3 Å². The lowest BCUT2D eigenvalue weighted by molar-refractivity contribution is 0.0748. The second kappa shape index (κ2) is 9.84. The smallest absolute Gasteiger partial charge is 0.189 e. The number of ether oxygens (including phenoxy) is 2. The minimum absolute atomic E-state index is 0.0621. The van der Waals surface area contributed by atoms with E-state index in [0.29, 0.717) is 42.4 Å². The Morgan fingerprint density at radius 2 is 2.10 bits per heavy atom. The Kier molecular flexibility index (Phi) is 8.45. The third-order valence-corrected chi connectivity index (χ3v) is 3.31. The number of rotatable bonds is 8. The molecule has 0 aliphatic heterocycles. The van der Waals surface area contributed by atoms with Gasteiger partial charge in [0.15, 0.2) is 5.96 Å². The Bertz CT molecular complexity index is 470. The van der Waals surface area contributed by atoms with Crippen LogP contribution in [0.25, 0.3) is 0 Å². The molecule has 1 rings (SSSR count). The fraction of sp³-hybridized carbons (Fsp3) is 0.500. The van der Waals surface area contributed by atoms with Gasteiger partial charge in [0.25, 0.3) is 0 Å². The molecule has 0 amide bonds. The summed E-state index contributed by atoms with van der Waals surface area (Å²) in [6.07, 6.45) is 0. The molecule has 1 aromatic rings. The molecule has 0 aliphatic carbocycles. The van der Waals surface area contributed by atoms with Crippen LogP contribution in [0, 0.1) is 0 Å². The van der Waals surface area contributed by atoms with Crippen molar-refractivity contribution in [1.29, 1.82) is 0 Å². The van der Waals surface area contributed by atoms with Crippen LogP contribution >= 0.6 is 23.2 Å². The van der Waals surface area contributed by atoms with E-state index in [9.17, 15) is 0 Å². The van der Waals surface area contributed by atoms with Crippen molar-refractivity contribution in [3.05, 3.63) is 33.8 Å². The van der Waals surface area contributed by atoms with Crippen molar-refractivity contribution >= 4 is 29.2 Å². The van der Waals surface area contributed by atoms with E-state index >= 15 is 0 Å². The molecule has 1 atom stereocenters. The normalized spacial score (nSPS) is 13.2. The van der Waals surface area contributed by atoms with Crippen LogP contribution in [0.4, 0.5) is 0 Å². The summed E-state index contributed by atoms with van der Waals surface area (Å²) in [7, 11) is 1.63. The highest BCUT2D eigenvalue weighted by Crippen LogP contribution is 2.25. The highest BCUT2D eigenvalue weighted by Gasteiger charge is 2.10. The van der Waals surface area contributed by atoms with Gasteiger partial charge in [-0.15, -0.1) is 0 Å². The average Bonchev–Trinajstić information content (AvgIpc) is 2.42. The Labute approximate surface area is 135 Å². The molecular weight excluding hydrogens is 313 g/mol. The van der Waals surface area contributed by atoms with Gasteiger partial charge in [0.05, 0.1) is 32.4 Å². The van der Waals surface area contributed by atoms with Crippen LogP contribution in [0.5, 0.6) is 0 Å². The number of aliphatic imine (C=N–C) groups is 1. The largest absolute Gasteiger partial charge is 0.382 e. The fourth-order valence-corrected chi connectivity index (χ4v) is 2.25. The van der Waals surface area contributed by atoms with E-state index in [1.807, 2.05) is 13.0 Å². The number of hydrogen-bond donors (Lipinski definition) is 2. The van der Waals surface area contributed by atoms with E-state index in [1.165, 1.54) is 0 Å². The summed E-state index contributed by atoms with van der Waals surface area (Å²) in [5.41, 5.74) is 6.73. The van der Waals surface area contributed by atoms with Gasteiger partial charge in [-0.2, -0.15) is 0 Å². The average molecular weight is 334 g/mol. The van der Waals surface area contributed by atoms with E-state index in [4.69, 9.17) is 38.4 Å². The molecule has 0 saturated heterocycles. The maximum absolute atomic E-state index is 6.15. The first kappa shape index (κ1) is 18.0.